The van der Waals surface area contributed by atoms with Crippen LogP contribution < -0.4 is 10.6 Å². The van der Waals surface area contributed by atoms with Gasteiger partial charge in [0.15, 0.2) is 15.8 Å². The van der Waals surface area contributed by atoms with E-state index in [2.05, 4.69) is 40.7 Å². The number of hydrogen-bond donors (Lipinski definition) is 2. The van der Waals surface area contributed by atoms with E-state index in [1.54, 1.807) is 7.05 Å². The second-order valence-corrected chi connectivity index (χ2v) is 8.46. The molecule has 2 rings (SSSR count). The number of hydrogen-bond acceptors (Lipinski definition) is 3. The van der Waals surface area contributed by atoms with Crippen molar-refractivity contribution >= 4 is 15.8 Å². The minimum Gasteiger partial charge on any atom is -0.356 e. The quantitative estimate of drug-likeness (QED) is 0.424. The van der Waals surface area contributed by atoms with Gasteiger partial charge < -0.3 is 10.6 Å². The van der Waals surface area contributed by atoms with E-state index in [1.165, 1.54) is 11.1 Å². The van der Waals surface area contributed by atoms with E-state index in [0.717, 1.165) is 5.56 Å². The zero-order valence-electron chi connectivity index (χ0n) is 15.4. The second-order valence-electron chi connectivity index (χ2n) is 6.27. The normalized spacial score (nSPS) is 12.0. The van der Waals surface area contributed by atoms with Gasteiger partial charge in [-0.3, -0.25) is 4.99 Å². The Morgan fingerprint density at radius 3 is 2.42 bits per heavy atom. The summed E-state index contributed by atoms with van der Waals surface area (Å²) in [6.07, 6.45) is 0.542. The van der Waals surface area contributed by atoms with Crippen molar-refractivity contribution in [2.45, 2.75) is 25.6 Å². The molecule has 140 valence electrons. The molecule has 0 heterocycles. The zero-order valence-corrected chi connectivity index (χ0v) is 16.2. The fraction of sp³-hybridized carbons (Fsp3) is 0.350. The summed E-state index contributed by atoms with van der Waals surface area (Å²) in [7, 11) is -1.39. The van der Waals surface area contributed by atoms with Crippen LogP contribution in [-0.4, -0.2) is 33.7 Å². The van der Waals surface area contributed by atoms with Crippen molar-refractivity contribution in [3.05, 3.63) is 71.3 Å². The largest absolute Gasteiger partial charge is 0.356 e. The predicted molar refractivity (Wildman–Crippen MR) is 108 cm³/mol. The van der Waals surface area contributed by atoms with Gasteiger partial charge in [0.1, 0.15) is 0 Å². The van der Waals surface area contributed by atoms with E-state index >= 15 is 0 Å². The van der Waals surface area contributed by atoms with Crippen molar-refractivity contribution in [3.8, 4) is 0 Å². The molecule has 2 N–H and O–H groups in total. The summed E-state index contributed by atoms with van der Waals surface area (Å²) in [5, 5.41) is 6.41. The molecule has 0 atom stereocenters. The lowest BCUT2D eigenvalue weighted by Gasteiger charge is -2.12. The average molecular weight is 374 g/mol. The molecule has 0 aliphatic carbocycles. The van der Waals surface area contributed by atoms with E-state index in [0.29, 0.717) is 25.5 Å². The molecule has 0 aliphatic rings. The summed E-state index contributed by atoms with van der Waals surface area (Å²) in [6.45, 7) is 3.29. The standard InChI is InChI=1S/C20H27N3O2S/c1-17-8-6-11-19(14-17)15-23-20(21-2)22-12-7-13-26(24,25)16-18-9-4-3-5-10-18/h3-6,8-11,14H,7,12-13,15-16H2,1-2H3,(H2,21,22,23). The molecule has 0 bridgehead atoms. The molecule has 0 amide bonds. The maximum atomic E-state index is 12.2. The summed E-state index contributed by atoms with van der Waals surface area (Å²) in [4.78, 5) is 4.17. The topological polar surface area (TPSA) is 70.6 Å². The molecule has 0 aromatic heterocycles. The highest BCUT2D eigenvalue weighted by atomic mass is 32.2. The van der Waals surface area contributed by atoms with Gasteiger partial charge in [0.05, 0.1) is 11.5 Å². The van der Waals surface area contributed by atoms with Crippen LogP contribution in [0.1, 0.15) is 23.1 Å². The molecule has 0 aliphatic heterocycles. The fourth-order valence-electron chi connectivity index (χ4n) is 2.63. The van der Waals surface area contributed by atoms with E-state index in [-0.39, 0.29) is 11.5 Å². The van der Waals surface area contributed by atoms with Crippen LogP contribution in [0.25, 0.3) is 0 Å². The third kappa shape index (κ3) is 7.27. The summed E-state index contributed by atoms with van der Waals surface area (Å²) >= 11 is 0. The zero-order chi connectivity index (χ0) is 18.8. The molecular formula is C20H27N3O2S. The first-order valence-electron chi connectivity index (χ1n) is 8.73. The third-order valence-corrected chi connectivity index (χ3v) is 5.60. The maximum absolute atomic E-state index is 12.2. The number of benzene rings is 2. The molecule has 5 nitrogen and oxygen atoms in total. The highest BCUT2D eigenvalue weighted by Crippen LogP contribution is 2.07. The van der Waals surface area contributed by atoms with Gasteiger partial charge >= 0.3 is 0 Å². The second kappa shape index (κ2) is 9.97. The van der Waals surface area contributed by atoms with Crippen LogP contribution >= 0.6 is 0 Å². The summed E-state index contributed by atoms with van der Waals surface area (Å²) in [5.41, 5.74) is 3.23. The maximum Gasteiger partial charge on any atom is 0.191 e. The lowest BCUT2D eigenvalue weighted by Crippen LogP contribution is -2.37. The van der Waals surface area contributed by atoms with Gasteiger partial charge in [-0.15, -0.1) is 0 Å². The number of aryl methyl sites for hydroxylation is 1. The van der Waals surface area contributed by atoms with Crippen LogP contribution in [-0.2, 0) is 22.1 Å². The van der Waals surface area contributed by atoms with E-state index in [1.807, 2.05) is 36.4 Å². The molecule has 26 heavy (non-hydrogen) atoms. The number of aliphatic imine (C=N–C) groups is 1. The summed E-state index contributed by atoms with van der Waals surface area (Å²) in [6, 6.07) is 17.5. The predicted octanol–water partition coefficient (Wildman–Crippen LogP) is 2.67. The minimum absolute atomic E-state index is 0.0914. The first-order valence-corrected chi connectivity index (χ1v) is 10.5. The van der Waals surface area contributed by atoms with Gasteiger partial charge in [-0.05, 0) is 24.5 Å². The van der Waals surface area contributed by atoms with Gasteiger partial charge in [0.2, 0.25) is 0 Å². The summed E-state index contributed by atoms with van der Waals surface area (Å²) < 4.78 is 24.4. The molecule has 0 saturated heterocycles. The van der Waals surface area contributed by atoms with Crippen LogP contribution in [0.2, 0.25) is 0 Å². The van der Waals surface area contributed by atoms with E-state index in [4.69, 9.17) is 0 Å². The van der Waals surface area contributed by atoms with E-state index < -0.39 is 9.84 Å². The number of rotatable bonds is 8. The Morgan fingerprint density at radius 2 is 1.73 bits per heavy atom. The van der Waals surface area contributed by atoms with Crippen molar-refractivity contribution in [1.29, 1.82) is 0 Å². The van der Waals surface area contributed by atoms with Gasteiger partial charge in [-0.1, -0.05) is 60.2 Å². The van der Waals surface area contributed by atoms with Crippen molar-refractivity contribution < 1.29 is 8.42 Å². The Kier molecular flexibility index (Phi) is 7.66. The molecule has 2 aromatic carbocycles. The lowest BCUT2D eigenvalue weighted by molar-refractivity contribution is 0.591. The Hall–Kier alpha value is -2.34. The first-order chi connectivity index (χ1) is 12.5. The number of guanidine groups is 1. The lowest BCUT2D eigenvalue weighted by atomic mass is 10.1. The molecule has 0 spiro atoms. The Bertz CT molecular complexity index is 818. The molecule has 0 radical (unpaired) electrons. The first kappa shape index (κ1) is 20.0. The molecule has 0 fully saturated rings. The Labute approximate surface area is 156 Å². The number of nitrogens with one attached hydrogen (secondary N) is 2. The van der Waals surface area contributed by atoms with Crippen molar-refractivity contribution in [1.82, 2.24) is 10.6 Å². The SMILES string of the molecule is CN=C(NCCCS(=O)(=O)Cc1ccccc1)NCc1cccc(C)c1. The van der Waals surface area contributed by atoms with E-state index in [9.17, 15) is 8.42 Å². The fourth-order valence-corrected chi connectivity index (χ4v) is 4.06. The number of nitrogens with zero attached hydrogens (tertiary/aromatic N) is 1. The molecule has 0 saturated carbocycles. The van der Waals surface area contributed by atoms with Crippen LogP contribution in [0.15, 0.2) is 59.6 Å². The average Bonchev–Trinajstić information content (AvgIpc) is 2.61. The van der Waals surface area contributed by atoms with Crippen LogP contribution in [0, 0.1) is 6.92 Å². The Balaban J connectivity index is 1.72. The van der Waals surface area contributed by atoms with Crippen LogP contribution in [0.5, 0.6) is 0 Å². The monoisotopic (exact) mass is 373 g/mol. The molecule has 2 aromatic rings. The molecular weight excluding hydrogens is 346 g/mol. The Morgan fingerprint density at radius 1 is 1.00 bits per heavy atom. The van der Waals surface area contributed by atoms with Crippen molar-refractivity contribution in [2.24, 2.45) is 4.99 Å². The van der Waals surface area contributed by atoms with Crippen LogP contribution in [0.4, 0.5) is 0 Å². The van der Waals surface area contributed by atoms with Gasteiger partial charge in [-0.25, -0.2) is 8.42 Å². The minimum atomic E-state index is -3.10. The third-order valence-electron chi connectivity index (χ3n) is 3.92. The highest BCUT2D eigenvalue weighted by molar-refractivity contribution is 7.90. The molecule has 0 unspecified atom stereocenters. The smallest absolute Gasteiger partial charge is 0.191 e. The molecule has 6 heteroatoms. The number of sulfone groups is 1. The van der Waals surface area contributed by atoms with Gasteiger partial charge in [-0.2, -0.15) is 0 Å². The van der Waals surface area contributed by atoms with Crippen molar-refractivity contribution in [3.63, 3.8) is 0 Å². The van der Waals surface area contributed by atoms with Crippen molar-refractivity contribution in [2.75, 3.05) is 19.3 Å². The van der Waals surface area contributed by atoms with Gasteiger partial charge in [0.25, 0.3) is 0 Å². The summed E-state index contributed by atoms with van der Waals surface area (Å²) in [5.74, 6) is 0.921. The van der Waals surface area contributed by atoms with Crippen LogP contribution in [0.3, 0.4) is 0 Å². The van der Waals surface area contributed by atoms with Gasteiger partial charge in [0, 0.05) is 20.1 Å². The highest BCUT2D eigenvalue weighted by Gasteiger charge is 2.11.